The summed E-state index contributed by atoms with van der Waals surface area (Å²) in [6, 6.07) is 6.33. The number of aromatic amines is 1. The molecule has 7 heteroatoms. The second-order valence-electron chi connectivity index (χ2n) is 5.71. The number of halogens is 3. The standard InChI is InChI=1S/C16H16F3N3O/c1-10(11-3-2-4-12(9-11)16(17,18)19)22(13-5-6-13)15(23)14-7-8-20-21-14/h2-4,7-10,13H,5-6H2,1H3,(H,20,21)/t10-/m0/s1. The molecule has 0 saturated heterocycles. The summed E-state index contributed by atoms with van der Waals surface area (Å²) < 4.78 is 38.7. The number of benzene rings is 1. The van der Waals surface area contributed by atoms with Crippen LogP contribution in [0.1, 0.15) is 47.4 Å². The number of H-pyrrole nitrogens is 1. The smallest absolute Gasteiger partial charge is 0.328 e. The molecule has 0 bridgehead atoms. The number of nitrogens with one attached hydrogen (secondary N) is 1. The molecule has 4 nitrogen and oxygen atoms in total. The number of carbonyl (C=O) groups excluding carboxylic acids is 1. The predicted molar refractivity (Wildman–Crippen MR) is 77.6 cm³/mol. The Bertz CT molecular complexity index is 693. The van der Waals surface area contributed by atoms with E-state index in [0.717, 1.165) is 25.0 Å². The molecule has 3 rings (SSSR count). The minimum absolute atomic E-state index is 0.0651. The lowest BCUT2D eigenvalue weighted by atomic mass is 10.0. The molecule has 1 aromatic heterocycles. The summed E-state index contributed by atoms with van der Waals surface area (Å²) in [6.07, 6.45) is -1.19. The number of aromatic nitrogens is 2. The van der Waals surface area contributed by atoms with E-state index in [0.29, 0.717) is 11.3 Å². The van der Waals surface area contributed by atoms with Crippen molar-refractivity contribution in [1.29, 1.82) is 0 Å². The number of rotatable bonds is 4. The van der Waals surface area contributed by atoms with Crippen LogP contribution in [0.5, 0.6) is 0 Å². The molecule has 1 fully saturated rings. The Morgan fingerprint density at radius 2 is 2.09 bits per heavy atom. The lowest BCUT2D eigenvalue weighted by molar-refractivity contribution is -0.137. The maximum atomic E-state index is 12.9. The van der Waals surface area contributed by atoms with Crippen LogP contribution >= 0.6 is 0 Å². The van der Waals surface area contributed by atoms with Crippen LogP contribution < -0.4 is 0 Å². The molecule has 23 heavy (non-hydrogen) atoms. The van der Waals surface area contributed by atoms with E-state index in [9.17, 15) is 18.0 Å². The maximum absolute atomic E-state index is 12.9. The van der Waals surface area contributed by atoms with Gasteiger partial charge in [-0.05, 0) is 43.5 Å². The van der Waals surface area contributed by atoms with E-state index in [2.05, 4.69) is 10.2 Å². The molecule has 1 aliphatic carbocycles. The SMILES string of the molecule is C[C@@H](c1cccc(C(F)(F)F)c1)N(C(=O)c1ccn[nH]1)C1CC1. The molecule has 1 heterocycles. The Hall–Kier alpha value is -2.31. The van der Waals surface area contributed by atoms with E-state index >= 15 is 0 Å². The number of amides is 1. The first-order valence-corrected chi connectivity index (χ1v) is 7.37. The summed E-state index contributed by atoms with van der Waals surface area (Å²) in [4.78, 5) is 14.3. The van der Waals surface area contributed by atoms with Crippen molar-refractivity contribution in [3.8, 4) is 0 Å². The Morgan fingerprint density at radius 1 is 1.35 bits per heavy atom. The van der Waals surface area contributed by atoms with Gasteiger partial charge in [0.1, 0.15) is 5.69 Å². The molecule has 0 radical (unpaired) electrons. The Kier molecular flexibility index (Phi) is 3.87. The number of alkyl halides is 3. The maximum Gasteiger partial charge on any atom is 0.416 e. The quantitative estimate of drug-likeness (QED) is 0.930. The third-order valence-electron chi connectivity index (χ3n) is 4.02. The first kappa shape index (κ1) is 15.6. The van der Waals surface area contributed by atoms with Crippen LogP contribution in [0.15, 0.2) is 36.5 Å². The number of nitrogens with zero attached hydrogens (tertiary/aromatic N) is 2. The van der Waals surface area contributed by atoms with Crippen LogP contribution in [-0.2, 0) is 6.18 Å². The van der Waals surface area contributed by atoms with E-state index in [1.165, 1.54) is 12.3 Å². The number of hydrogen-bond donors (Lipinski definition) is 1. The summed E-state index contributed by atoms with van der Waals surface area (Å²) in [5.41, 5.74) is 0.113. The molecule has 2 aromatic rings. The van der Waals surface area contributed by atoms with E-state index in [1.807, 2.05) is 0 Å². The highest BCUT2D eigenvalue weighted by Gasteiger charge is 2.38. The van der Waals surface area contributed by atoms with E-state index in [1.54, 1.807) is 24.0 Å². The average molecular weight is 323 g/mol. The predicted octanol–water partition coefficient (Wildman–Crippen LogP) is 3.79. The summed E-state index contributed by atoms with van der Waals surface area (Å²) in [5, 5.41) is 6.38. The van der Waals surface area contributed by atoms with Gasteiger partial charge in [-0.25, -0.2) is 0 Å². The topological polar surface area (TPSA) is 49.0 Å². The van der Waals surface area contributed by atoms with Gasteiger partial charge in [0.25, 0.3) is 5.91 Å². The van der Waals surface area contributed by atoms with Crippen LogP contribution in [0.4, 0.5) is 13.2 Å². The van der Waals surface area contributed by atoms with Gasteiger partial charge in [0.2, 0.25) is 0 Å². The molecule has 1 aromatic carbocycles. The van der Waals surface area contributed by atoms with Crippen molar-refractivity contribution in [2.75, 3.05) is 0 Å². The lowest BCUT2D eigenvalue weighted by Gasteiger charge is -2.29. The van der Waals surface area contributed by atoms with Crippen LogP contribution in [0, 0.1) is 0 Å². The Morgan fingerprint density at radius 3 is 2.65 bits per heavy atom. The van der Waals surface area contributed by atoms with Crippen molar-refractivity contribution in [1.82, 2.24) is 15.1 Å². The molecule has 1 aliphatic rings. The van der Waals surface area contributed by atoms with Gasteiger partial charge in [0.15, 0.2) is 0 Å². The van der Waals surface area contributed by atoms with Crippen molar-refractivity contribution in [2.24, 2.45) is 0 Å². The van der Waals surface area contributed by atoms with Crippen molar-refractivity contribution in [2.45, 2.75) is 38.0 Å². The third kappa shape index (κ3) is 3.23. The molecule has 1 saturated carbocycles. The second-order valence-corrected chi connectivity index (χ2v) is 5.71. The highest BCUT2D eigenvalue weighted by molar-refractivity contribution is 5.92. The molecule has 0 aliphatic heterocycles. The van der Waals surface area contributed by atoms with Gasteiger partial charge in [-0.3, -0.25) is 9.89 Å². The molecule has 122 valence electrons. The largest absolute Gasteiger partial charge is 0.416 e. The molecule has 1 atom stereocenters. The molecule has 1 amide bonds. The van der Waals surface area contributed by atoms with Crippen molar-refractivity contribution in [3.63, 3.8) is 0 Å². The number of carbonyl (C=O) groups is 1. The Balaban J connectivity index is 1.90. The molecule has 1 N–H and O–H groups in total. The highest BCUT2D eigenvalue weighted by Crippen LogP contribution is 2.37. The Labute approximate surface area is 131 Å². The molecular weight excluding hydrogens is 307 g/mol. The van der Waals surface area contributed by atoms with Gasteiger partial charge in [0.05, 0.1) is 11.6 Å². The summed E-state index contributed by atoms with van der Waals surface area (Å²) >= 11 is 0. The minimum Gasteiger partial charge on any atom is -0.328 e. The van der Waals surface area contributed by atoms with Gasteiger partial charge in [0, 0.05) is 12.2 Å². The fraction of sp³-hybridized carbons (Fsp3) is 0.375. The second kappa shape index (κ2) is 5.72. The van der Waals surface area contributed by atoms with Crippen molar-refractivity contribution >= 4 is 5.91 Å². The van der Waals surface area contributed by atoms with Gasteiger partial charge >= 0.3 is 6.18 Å². The van der Waals surface area contributed by atoms with E-state index < -0.39 is 17.8 Å². The summed E-state index contributed by atoms with van der Waals surface area (Å²) in [7, 11) is 0. The average Bonchev–Trinajstić information content (AvgIpc) is 3.18. The lowest BCUT2D eigenvalue weighted by Crippen LogP contribution is -2.36. The molecular formula is C16H16F3N3O. The van der Waals surface area contributed by atoms with Crippen LogP contribution in [-0.4, -0.2) is 27.0 Å². The molecule has 0 spiro atoms. The zero-order valence-corrected chi connectivity index (χ0v) is 12.5. The first-order chi connectivity index (χ1) is 10.9. The monoisotopic (exact) mass is 323 g/mol. The third-order valence-corrected chi connectivity index (χ3v) is 4.02. The minimum atomic E-state index is -4.40. The van der Waals surface area contributed by atoms with Gasteiger partial charge < -0.3 is 4.90 Å². The van der Waals surface area contributed by atoms with Crippen molar-refractivity contribution in [3.05, 3.63) is 53.3 Å². The van der Waals surface area contributed by atoms with Gasteiger partial charge in [-0.1, -0.05) is 12.1 Å². The van der Waals surface area contributed by atoms with E-state index in [-0.39, 0.29) is 11.9 Å². The molecule has 0 unspecified atom stereocenters. The zero-order chi connectivity index (χ0) is 16.6. The zero-order valence-electron chi connectivity index (χ0n) is 12.5. The first-order valence-electron chi connectivity index (χ1n) is 7.37. The summed E-state index contributed by atoms with van der Waals surface area (Å²) in [5.74, 6) is -0.241. The highest BCUT2D eigenvalue weighted by atomic mass is 19.4. The summed E-state index contributed by atoms with van der Waals surface area (Å²) in [6.45, 7) is 1.75. The van der Waals surface area contributed by atoms with E-state index in [4.69, 9.17) is 0 Å². The van der Waals surface area contributed by atoms with Gasteiger partial charge in [-0.15, -0.1) is 0 Å². The van der Waals surface area contributed by atoms with Crippen LogP contribution in [0.25, 0.3) is 0 Å². The fourth-order valence-electron chi connectivity index (χ4n) is 2.66. The number of hydrogen-bond acceptors (Lipinski definition) is 2. The fourth-order valence-corrected chi connectivity index (χ4v) is 2.66. The van der Waals surface area contributed by atoms with Crippen molar-refractivity contribution < 1.29 is 18.0 Å². The van der Waals surface area contributed by atoms with Crippen LogP contribution in [0.2, 0.25) is 0 Å². The van der Waals surface area contributed by atoms with Crippen LogP contribution in [0.3, 0.4) is 0 Å². The normalized spacial score (nSPS) is 16.2. The van der Waals surface area contributed by atoms with Gasteiger partial charge in [-0.2, -0.15) is 18.3 Å².